The molecular formula is C28H22Cl2N4O4. The number of hydrogen-bond donors (Lipinski definition) is 1. The third-order valence-electron chi connectivity index (χ3n) is 5.82. The van der Waals surface area contributed by atoms with Crippen LogP contribution in [0.2, 0.25) is 10.0 Å². The smallest absolute Gasteiger partial charge is 0.325 e. The molecular weight excluding hydrogens is 527 g/mol. The minimum absolute atomic E-state index is 0.103. The van der Waals surface area contributed by atoms with Crippen LogP contribution in [0, 0.1) is 0 Å². The van der Waals surface area contributed by atoms with Gasteiger partial charge in [-0.2, -0.15) is 5.10 Å². The number of fused-ring (bicyclic) bond motifs is 3. The van der Waals surface area contributed by atoms with E-state index in [1.54, 1.807) is 25.1 Å². The lowest BCUT2D eigenvalue weighted by Gasteiger charge is -2.18. The molecule has 0 fully saturated rings. The predicted molar refractivity (Wildman–Crippen MR) is 146 cm³/mol. The highest BCUT2D eigenvalue weighted by atomic mass is 35.5. The van der Waals surface area contributed by atoms with Crippen molar-refractivity contribution < 1.29 is 19.1 Å². The van der Waals surface area contributed by atoms with Crippen molar-refractivity contribution in [1.29, 1.82) is 0 Å². The van der Waals surface area contributed by atoms with Crippen molar-refractivity contribution in [2.45, 2.75) is 13.5 Å². The van der Waals surface area contributed by atoms with Gasteiger partial charge in [0.1, 0.15) is 19.5 Å². The Labute approximate surface area is 228 Å². The van der Waals surface area contributed by atoms with Gasteiger partial charge in [0, 0.05) is 20.8 Å². The van der Waals surface area contributed by atoms with E-state index >= 15 is 0 Å². The zero-order chi connectivity index (χ0) is 26.6. The van der Waals surface area contributed by atoms with Crippen molar-refractivity contribution in [3.8, 4) is 16.9 Å². The number of amides is 1. The first-order valence-corrected chi connectivity index (χ1v) is 12.6. The summed E-state index contributed by atoms with van der Waals surface area (Å²) in [4.78, 5) is 29.9. The number of rotatable bonds is 8. The highest BCUT2D eigenvalue weighted by Gasteiger charge is 2.25. The van der Waals surface area contributed by atoms with Gasteiger partial charge < -0.3 is 14.8 Å². The minimum atomic E-state index is -0.560. The zero-order valence-corrected chi connectivity index (χ0v) is 21.8. The Bertz CT molecular complexity index is 1630. The number of hydrogen-bond acceptors (Lipinski definition) is 6. The number of benzene rings is 3. The number of carbonyl (C=O) groups excluding carboxylic acids is 2. The van der Waals surface area contributed by atoms with E-state index in [9.17, 15) is 9.59 Å². The Morgan fingerprint density at radius 1 is 1.00 bits per heavy atom. The molecule has 38 heavy (non-hydrogen) atoms. The van der Waals surface area contributed by atoms with Crippen LogP contribution in [0.25, 0.3) is 27.5 Å². The maximum absolute atomic E-state index is 13.5. The highest BCUT2D eigenvalue weighted by molar-refractivity contribution is 6.35. The van der Waals surface area contributed by atoms with E-state index in [-0.39, 0.29) is 31.2 Å². The van der Waals surface area contributed by atoms with Crippen LogP contribution in [-0.4, -0.2) is 39.6 Å². The highest BCUT2D eigenvalue weighted by Crippen LogP contribution is 2.40. The first-order valence-electron chi connectivity index (χ1n) is 11.8. The number of halogens is 2. The van der Waals surface area contributed by atoms with Gasteiger partial charge in [0.25, 0.3) is 5.91 Å². The maximum Gasteiger partial charge on any atom is 0.325 e. The molecule has 1 N–H and O–H groups in total. The van der Waals surface area contributed by atoms with Gasteiger partial charge in [0.2, 0.25) is 0 Å². The molecule has 0 saturated heterocycles. The molecule has 5 rings (SSSR count). The molecule has 2 heterocycles. The van der Waals surface area contributed by atoms with Gasteiger partial charge in [-0.05, 0) is 41.8 Å². The number of ether oxygens (including phenoxy) is 2. The van der Waals surface area contributed by atoms with Crippen LogP contribution in [0.3, 0.4) is 0 Å². The van der Waals surface area contributed by atoms with Gasteiger partial charge in [-0.25, -0.2) is 9.50 Å². The van der Waals surface area contributed by atoms with Crippen LogP contribution >= 0.6 is 23.2 Å². The number of pyridine rings is 1. The van der Waals surface area contributed by atoms with Crippen LogP contribution in [-0.2, 0) is 16.1 Å². The molecule has 0 bridgehead atoms. The number of aromatic nitrogens is 3. The summed E-state index contributed by atoms with van der Waals surface area (Å²) in [7, 11) is 0. The lowest BCUT2D eigenvalue weighted by molar-refractivity contribution is -0.141. The first-order chi connectivity index (χ1) is 18.5. The second-order valence-corrected chi connectivity index (χ2v) is 9.19. The van der Waals surface area contributed by atoms with Crippen LogP contribution in [0.15, 0.2) is 73.1 Å². The van der Waals surface area contributed by atoms with Gasteiger partial charge in [-0.1, -0.05) is 71.7 Å². The Kier molecular flexibility index (Phi) is 7.44. The van der Waals surface area contributed by atoms with E-state index in [1.807, 2.05) is 48.5 Å². The van der Waals surface area contributed by atoms with E-state index < -0.39 is 11.9 Å². The molecule has 5 aromatic rings. The van der Waals surface area contributed by atoms with E-state index in [2.05, 4.69) is 15.4 Å². The quantitative estimate of drug-likeness (QED) is 0.249. The molecule has 0 atom stereocenters. The van der Waals surface area contributed by atoms with Gasteiger partial charge in [-0.3, -0.25) is 9.59 Å². The van der Waals surface area contributed by atoms with Gasteiger partial charge in [0.05, 0.1) is 6.61 Å². The zero-order valence-electron chi connectivity index (χ0n) is 20.3. The van der Waals surface area contributed by atoms with Crippen molar-refractivity contribution in [2.24, 2.45) is 0 Å². The number of nitrogens with zero attached hydrogens (tertiary/aromatic N) is 3. The van der Waals surface area contributed by atoms with Crippen molar-refractivity contribution in [1.82, 2.24) is 19.9 Å². The van der Waals surface area contributed by atoms with Crippen molar-refractivity contribution in [3.63, 3.8) is 0 Å². The molecule has 0 saturated carbocycles. The van der Waals surface area contributed by atoms with Crippen LogP contribution in [0.4, 0.5) is 0 Å². The topological polar surface area (TPSA) is 94.8 Å². The molecule has 0 spiro atoms. The second kappa shape index (κ2) is 11.1. The summed E-state index contributed by atoms with van der Waals surface area (Å²) in [6, 6.07) is 20.5. The number of nitrogens with one attached hydrogen (secondary N) is 1. The fraction of sp³-hybridized carbons (Fsp3) is 0.143. The van der Waals surface area contributed by atoms with E-state index in [1.165, 1.54) is 10.8 Å². The maximum atomic E-state index is 13.5. The predicted octanol–water partition coefficient (Wildman–Crippen LogP) is 5.73. The second-order valence-electron chi connectivity index (χ2n) is 8.32. The lowest BCUT2D eigenvalue weighted by Crippen LogP contribution is -2.32. The molecule has 0 aliphatic heterocycles. The summed E-state index contributed by atoms with van der Waals surface area (Å²) < 4.78 is 12.7. The summed E-state index contributed by atoms with van der Waals surface area (Å²) in [5, 5.41) is 9.25. The average molecular weight is 549 g/mol. The summed E-state index contributed by atoms with van der Waals surface area (Å²) in [6.45, 7) is 1.80. The van der Waals surface area contributed by atoms with Crippen LogP contribution < -0.4 is 10.1 Å². The van der Waals surface area contributed by atoms with Crippen molar-refractivity contribution in [3.05, 3.63) is 94.4 Å². The average Bonchev–Trinajstić information content (AvgIpc) is 3.39. The molecule has 0 aliphatic carbocycles. The molecule has 1 amide bonds. The molecule has 2 aromatic heterocycles. The lowest BCUT2D eigenvalue weighted by atomic mass is 9.98. The minimum Gasteiger partial charge on any atom is -0.486 e. The van der Waals surface area contributed by atoms with E-state index in [0.29, 0.717) is 26.5 Å². The summed E-state index contributed by atoms with van der Waals surface area (Å²) in [6.07, 6.45) is 1.36. The third kappa shape index (κ3) is 5.14. The number of esters is 1. The molecule has 0 unspecified atom stereocenters. The van der Waals surface area contributed by atoms with Crippen LogP contribution in [0.1, 0.15) is 23.0 Å². The fourth-order valence-corrected chi connectivity index (χ4v) is 4.78. The van der Waals surface area contributed by atoms with Gasteiger partial charge in [-0.15, -0.1) is 0 Å². The molecule has 10 heteroatoms. The summed E-state index contributed by atoms with van der Waals surface area (Å²) in [5.74, 6) is -0.823. The van der Waals surface area contributed by atoms with E-state index in [0.717, 1.165) is 16.7 Å². The molecule has 0 radical (unpaired) electrons. The Hall–Kier alpha value is -4.14. The largest absolute Gasteiger partial charge is 0.486 e. The SMILES string of the molecule is CCOC(=O)CNC(=O)c1c(OCc2ccccc2)c2cccc(-c3cc(Cl)cc(Cl)c3)c2c2ncnn12. The monoisotopic (exact) mass is 548 g/mol. The Balaban J connectivity index is 1.72. The Morgan fingerprint density at radius 3 is 2.50 bits per heavy atom. The van der Waals surface area contributed by atoms with Crippen LogP contribution in [0.5, 0.6) is 5.75 Å². The normalized spacial score (nSPS) is 11.0. The standard InChI is InChI=1S/C28H22Cl2N4O4/c1-2-37-23(35)14-31-28(36)25-26(38-15-17-7-4-3-5-8-17)22-10-6-9-21(18-11-19(29)13-20(30)12-18)24(22)27-32-16-33-34(25)27/h3-13,16H,2,14-15H2,1H3,(H,31,36). The van der Waals surface area contributed by atoms with Gasteiger partial charge in [0.15, 0.2) is 17.1 Å². The van der Waals surface area contributed by atoms with Gasteiger partial charge >= 0.3 is 5.97 Å². The number of carbonyl (C=O) groups is 2. The summed E-state index contributed by atoms with van der Waals surface area (Å²) in [5.41, 5.74) is 3.00. The molecule has 0 aliphatic rings. The van der Waals surface area contributed by atoms with E-state index in [4.69, 9.17) is 32.7 Å². The first kappa shape index (κ1) is 25.5. The molecule has 8 nitrogen and oxygen atoms in total. The van der Waals surface area contributed by atoms with Crippen molar-refractivity contribution in [2.75, 3.05) is 13.2 Å². The Morgan fingerprint density at radius 2 is 1.76 bits per heavy atom. The van der Waals surface area contributed by atoms with Crippen molar-refractivity contribution >= 4 is 51.5 Å². The molecule has 192 valence electrons. The fourth-order valence-electron chi connectivity index (χ4n) is 4.26. The third-order valence-corrected chi connectivity index (χ3v) is 6.26. The molecule has 3 aromatic carbocycles. The summed E-state index contributed by atoms with van der Waals surface area (Å²) >= 11 is 12.6.